The highest BCUT2D eigenvalue weighted by atomic mass is 127. The van der Waals surface area contributed by atoms with Crippen LogP contribution in [0.1, 0.15) is 13.3 Å². The second-order valence-corrected chi connectivity index (χ2v) is 3.42. The van der Waals surface area contributed by atoms with Crippen molar-refractivity contribution >= 4 is 22.6 Å². The number of ether oxygens (including phenoxy) is 1. The largest absolute Gasteiger partial charge is 0.374 e. The predicted molar refractivity (Wildman–Crippen MR) is 42.8 cm³/mol. The first kappa shape index (κ1) is 7.72. The molecule has 0 aromatic rings. The summed E-state index contributed by atoms with van der Waals surface area (Å²) in [5.74, 6) is 0. The summed E-state index contributed by atoms with van der Waals surface area (Å²) in [5, 5.41) is 0. The summed E-state index contributed by atoms with van der Waals surface area (Å²) >= 11 is 2.15. The third-order valence-corrected chi connectivity index (χ3v) is 2.52. The first-order chi connectivity index (χ1) is 4.17. The second kappa shape index (κ2) is 2.70. The number of hydrogen-bond acceptors (Lipinski definition) is 1. The molecular formula is C6H10FIO. The van der Waals surface area contributed by atoms with Crippen molar-refractivity contribution in [2.45, 2.75) is 25.1 Å². The van der Waals surface area contributed by atoms with Gasteiger partial charge in [0.05, 0.1) is 6.61 Å². The highest BCUT2D eigenvalue weighted by molar-refractivity contribution is 14.1. The highest BCUT2D eigenvalue weighted by Crippen LogP contribution is 2.30. The number of rotatable bonds is 1. The Kier molecular flexibility index (Phi) is 2.32. The lowest BCUT2D eigenvalue weighted by Crippen LogP contribution is -2.30. The zero-order valence-electron chi connectivity index (χ0n) is 5.36. The molecule has 2 atom stereocenters. The van der Waals surface area contributed by atoms with Crippen LogP contribution >= 0.6 is 22.6 Å². The van der Waals surface area contributed by atoms with E-state index in [1.165, 1.54) is 0 Å². The molecule has 0 unspecified atom stereocenters. The van der Waals surface area contributed by atoms with Crippen LogP contribution in [0, 0.1) is 0 Å². The van der Waals surface area contributed by atoms with Crippen LogP contribution in [0.4, 0.5) is 4.39 Å². The van der Waals surface area contributed by atoms with Gasteiger partial charge in [-0.2, -0.15) is 0 Å². The normalized spacial score (nSPS) is 43.7. The fourth-order valence-electron chi connectivity index (χ4n) is 0.941. The molecule has 1 fully saturated rings. The van der Waals surface area contributed by atoms with E-state index in [1.54, 1.807) is 6.92 Å². The molecule has 0 aromatic carbocycles. The van der Waals surface area contributed by atoms with Crippen molar-refractivity contribution in [1.82, 2.24) is 0 Å². The maximum absolute atomic E-state index is 13.1. The van der Waals surface area contributed by atoms with Crippen LogP contribution in [-0.4, -0.2) is 22.8 Å². The number of halogens is 2. The van der Waals surface area contributed by atoms with E-state index < -0.39 is 5.67 Å². The van der Waals surface area contributed by atoms with Crippen molar-refractivity contribution in [3.05, 3.63) is 0 Å². The molecule has 9 heavy (non-hydrogen) atoms. The first-order valence-corrected chi connectivity index (χ1v) is 4.56. The average Bonchev–Trinajstić information content (AvgIpc) is 2.08. The van der Waals surface area contributed by atoms with Gasteiger partial charge in [-0.05, 0) is 6.92 Å². The zero-order valence-corrected chi connectivity index (χ0v) is 7.52. The Hall–Kier alpha value is 0.620. The topological polar surface area (TPSA) is 9.23 Å². The van der Waals surface area contributed by atoms with Gasteiger partial charge in [0, 0.05) is 10.8 Å². The molecule has 0 aliphatic carbocycles. The first-order valence-electron chi connectivity index (χ1n) is 3.03. The summed E-state index contributed by atoms with van der Waals surface area (Å²) in [5.41, 5.74) is -1.07. The van der Waals surface area contributed by atoms with Crippen LogP contribution in [0.5, 0.6) is 0 Å². The molecule has 1 aliphatic heterocycles. The maximum atomic E-state index is 13.1. The average molecular weight is 244 g/mol. The molecule has 1 saturated heterocycles. The van der Waals surface area contributed by atoms with Crippen molar-refractivity contribution in [3.8, 4) is 0 Å². The minimum Gasteiger partial charge on any atom is -0.374 e. The number of alkyl halides is 2. The van der Waals surface area contributed by atoms with Crippen LogP contribution in [0.2, 0.25) is 0 Å². The Labute approximate surface area is 68.1 Å². The van der Waals surface area contributed by atoms with Crippen molar-refractivity contribution in [1.29, 1.82) is 0 Å². The van der Waals surface area contributed by atoms with Gasteiger partial charge in [-0.3, -0.25) is 0 Å². The molecule has 0 saturated carbocycles. The van der Waals surface area contributed by atoms with Crippen LogP contribution < -0.4 is 0 Å². The van der Waals surface area contributed by atoms with Crippen LogP contribution in [0.3, 0.4) is 0 Å². The molecule has 0 amide bonds. The Morgan fingerprint density at radius 2 is 2.56 bits per heavy atom. The van der Waals surface area contributed by atoms with Crippen LogP contribution in [0.15, 0.2) is 0 Å². The van der Waals surface area contributed by atoms with E-state index in [4.69, 9.17) is 4.74 Å². The van der Waals surface area contributed by atoms with Gasteiger partial charge in [-0.1, -0.05) is 22.6 Å². The van der Waals surface area contributed by atoms with Gasteiger partial charge in [0.1, 0.15) is 11.8 Å². The molecule has 1 heterocycles. The van der Waals surface area contributed by atoms with E-state index in [1.807, 2.05) is 0 Å². The monoisotopic (exact) mass is 244 g/mol. The number of hydrogen-bond donors (Lipinski definition) is 0. The van der Waals surface area contributed by atoms with Gasteiger partial charge in [-0.25, -0.2) is 4.39 Å². The second-order valence-electron chi connectivity index (χ2n) is 2.54. The van der Waals surface area contributed by atoms with Gasteiger partial charge in [0.2, 0.25) is 0 Å². The van der Waals surface area contributed by atoms with E-state index >= 15 is 0 Å². The molecule has 54 valence electrons. The Morgan fingerprint density at radius 3 is 2.78 bits per heavy atom. The summed E-state index contributed by atoms with van der Waals surface area (Å²) < 4.78 is 19.0. The summed E-state index contributed by atoms with van der Waals surface area (Å²) in [7, 11) is 0. The molecule has 1 aliphatic rings. The maximum Gasteiger partial charge on any atom is 0.137 e. The zero-order chi connectivity index (χ0) is 6.91. The van der Waals surface area contributed by atoms with Crippen molar-refractivity contribution in [2.24, 2.45) is 0 Å². The summed E-state index contributed by atoms with van der Waals surface area (Å²) in [4.78, 5) is 0. The van der Waals surface area contributed by atoms with Crippen molar-refractivity contribution < 1.29 is 9.13 Å². The lowest BCUT2D eigenvalue weighted by Gasteiger charge is -2.18. The molecule has 0 spiro atoms. The molecule has 0 N–H and O–H groups in total. The van der Waals surface area contributed by atoms with Crippen molar-refractivity contribution in [3.63, 3.8) is 0 Å². The summed E-state index contributed by atoms with van der Waals surface area (Å²) in [6, 6.07) is 0. The van der Waals surface area contributed by atoms with Crippen LogP contribution in [0.25, 0.3) is 0 Å². The Morgan fingerprint density at radius 1 is 1.89 bits per heavy atom. The third-order valence-electron chi connectivity index (χ3n) is 1.72. The Bertz CT molecular complexity index is 105. The van der Waals surface area contributed by atoms with Crippen LogP contribution in [-0.2, 0) is 4.74 Å². The fourth-order valence-corrected chi connectivity index (χ4v) is 2.11. The van der Waals surface area contributed by atoms with Gasteiger partial charge in [-0.15, -0.1) is 0 Å². The smallest absolute Gasteiger partial charge is 0.137 e. The molecule has 0 aromatic heterocycles. The quantitative estimate of drug-likeness (QED) is 0.506. The van der Waals surface area contributed by atoms with E-state index in [0.717, 1.165) is 4.43 Å². The predicted octanol–water partition coefficient (Wildman–Crippen LogP) is 1.94. The van der Waals surface area contributed by atoms with Gasteiger partial charge >= 0.3 is 0 Å². The van der Waals surface area contributed by atoms with E-state index in [9.17, 15) is 4.39 Å². The lowest BCUT2D eigenvalue weighted by atomic mass is 10.0. The minimum atomic E-state index is -1.07. The molecule has 0 bridgehead atoms. The standard InChI is InChI=1S/C6H10FIO/c1-6(7)2-3-9-5(6)4-8/h5H,2-4H2,1H3/t5-,6-/m0/s1. The fraction of sp³-hybridized carbons (Fsp3) is 1.00. The summed E-state index contributed by atoms with van der Waals surface area (Å²) in [6.07, 6.45) is 0.388. The minimum absolute atomic E-state index is 0.168. The molecular weight excluding hydrogens is 234 g/mol. The van der Waals surface area contributed by atoms with E-state index in [2.05, 4.69) is 22.6 Å². The Balaban J connectivity index is 2.52. The van der Waals surface area contributed by atoms with Gasteiger partial charge in [0.15, 0.2) is 0 Å². The van der Waals surface area contributed by atoms with E-state index in [0.29, 0.717) is 13.0 Å². The van der Waals surface area contributed by atoms with Gasteiger partial charge < -0.3 is 4.74 Å². The molecule has 1 nitrogen and oxygen atoms in total. The molecule has 0 radical (unpaired) electrons. The molecule has 1 rings (SSSR count). The third kappa shape index (κ3) is 1.55. The van der Waals surface area contributed by atoms with Crippen molar-refractivity contribution in [2.75, 3.05) is 11.0 Å². The summed E-state index contributed by atoms with van der Waals surface area (Å²) in [6.45, 7) is 2.20. The molecule has 3 heteroatoms. The SMILES string of the molecule is C[C@]1(F)CCO[C@H]1CI. The van der Waals surface area contributed by atoms with E-state index in [-0.39, 0.29) is 6.10 Å². The highest BCUT2D eigenvalue weighted by Gasteiger charge is 2.39. The lowest BCUT2D eigenvalue weighted by molar-refractivity contribution is 0.0528. The van der Waals surface area contributed by atoms with Gasteiger partial charge in [0.25, 0.3) is 0 Å².